The first-order valence-corrected chi connectivity index (χ1v) is 7.23. The summed E-state index contributed by atoms with van der Waals surface area (Å²) >= 11 is 0. The highest BCUT2D eigenvalue weighted by Crippen LogP contribution is 2.37. The van der Waals surface area contributed by atoms with Gasteiger partial charge in [0.25, 0.3) is 0 Å². The number of aliphatic hydroxyl groups excluding tert-OH is 2. The van der Waals surface area contributed by atoms with Crippen molar-refractivity contribution in [2.75, 3.05) is 0 Å². The van der Waals surface area contributed by atoms with E-state index in [0.29, 0.717) is 0 Å². The third kappa shape index (κ3) is 3.60. The maximum Gasteiger partial charge on any atom is 0.0851 e. The number of hydrogen-bond donors (Lipinski definition) is 2. The van der Waals surface area contributed by atoms with Gasteiger partial charge in [-0.15, -0.1) is 6.58 Å². The molecule has 0 spiro atoms. The summed E-state index contributed by atoms with van der Waals surface area (Å²) in [4.78, 5) is 0. The zero-order valence-corrected chi connectivity index (χ0v) is 12.3. The summed E-state index contributed by atoms with van der Waals surface area (Å²) in [6.07, 6.45) is 0.414. The minimum absolute atomic E-state index is 0.110. The average molecular weight is 282 g/mol. The van der Waals surface area contributed by atoms with E-state index in [4.69, 9.17) is 0 Å². The zero-order chi connectivity index (χ0) is 15.2. The van der Waals surface area contributed by atoms with Gasteiger partial charge in [0.2, 0.25) is 0 Å². The van der Waals surface area contributed by atoms with E-state index >= 15 is 0 Å². The molecule has 21 heavy (non-hydrogen) atoms. The van der Waals surface area contributed by atoms with Crippen LogP contribution in [-0.2, 0) is 0 Å². The van der Waals surface area contributed by atoms with Crippen molar-refractivity contribution in [3.05, 3.63) is 84.4 Å². The fourth-order valence-electron chi connectivity index (χ4n) is 2.82. The SMILES string of the molecule is C=CC(c1ccccc1)[C@@H]([C@@H](C)O)[C@@H](O)c1ccccc1. The molecule has 0 bridgehead atoms. The minimum atomic E-state index is -0.741. The Hall–Kier alpha value is -1.90. The van der Waals surface area contributed by atoms with Crippen LogP contribution in [0.15, 0.2) is 73.3 Å². The second-order valence-electron chi connectivity index (χ2n) is 5.35. The Morgan fingerprint density at radius 1 is 0.857 bits per heavy atom. The second kappa shape index (κ2) is 7.21. The summed E-state index contributed by atoms with van der Waals surface area (Å²) in [5.74, 6) is -0.450. The van der Waals surface area contributed by atoms with Gasteiger partial charge in [0, 0.05) is 11.8 Å². The van der Waals surface area contributed by atoms with Gasteiger partial charge in [-0.2, -0.15) is 0 Å². The lowest BCUT2D eigenvalue weighted by atomic mass is 9.77. The van der Waals surface area contributed by atoms with Crippen LogP contribution in [0.2, 0.25) is 0 Å². The molecule has 0 saturated carbocycles. The fraction of sp³-hybridized carbons (Fsp3) is 0.263. The maximum absolute atomic E-state index is 10.7. The zero-order valence-electron chi connectivity index (χ0n) is 12.3. The van der Waals surface area contributed by atoms with Gasteiger partial charge in [-0.1, -0.05) is 66.7 Å². The number of benzene rings is 2. The van der Waals surface area contributed by atoms with Crippen LogP contribution in [0.5, 0.6) is 0 Å². The van der Waals surface area contributed by atoms with Crippen molar-refractivity contribution in [1.29, 1.82) is 0 Å². The Kier molecular flexibility index (Phi) is 5.32. The summed E-state index contributed by atoms with van der Waals surface area (Å²) in [7, 11) is 0. The Morgan fingerprint density at radius 2 is 1.33 bits per heavy atom. The van der Waals surface area contributed by atoms with Gasteiger partial charge in [-0.3, -0.25) is 0 Å². The number of aliphatic hydroxyl groups is 2. The fourth-order valence-corrected chi connectivity index (χ4v) is 2.82. The lowest BCUT2D eigenvalue weighted by Crippen LogP contribution is -2.29. The number of hydrogen-bond acceptors (Lipinski definition) is 2. The largest absolute Gasteiger partial charge is 0.393 e. The van der Waals surface area contributed by atoms with E-state index in [1.807, 2.05) is 60.7 Å². The first-order chi connectivity index (χ1) is 10.1. The minimum Gasteiger partial charge on any atom is -0.393 e. The molecule has 2 heteroatoms. The summed E-state index contributed by atoms with van der Waals surface area (Å²) < 4.78 is 0. The highest BCUT2D eigenvalue weighted by molar-refractivity contribution is 5.27. The third-order valence-electron chi connectivity index (χ3n) is 3.92. The van der Waals surface area contributed by atoms with Crippen LogP contribution in [0, 0.1) is 5.92 Å². The molecular formula is C19H22O2. The third-order valence-corrected chi connectivity index (χ3v) is 3.92. The normalized spacial score (nSPS) is 16.7. The molecule has 0 aliphatic carbocycles. The van der Waals surface area contributed by atoms with Crippen molar-refractivity contribution in [1.82, 2.24) is 0 Å². The lowest BCUT2D eigenvalue weighted by molar-refractivity contribution is 0.0130. The number of allylic oxidation sites excluding steroid dienone is 1. The van der Waals surface area contributed by atoms with Gasteiger partial charge >= 0.3 is 0 Å². The second-order valence-corrected chi connectivity index (χ2v) is 5.35. The standard InChI is InChI=1S/C19H22O2/c1-3-17(15-10-6-4-7-11-15)18(14(2)20)19(21)16-12-8-5-9-13-16/h3-14,17-21H,1H2,2H3/t14-,17?,18-,19+/m1/s1. The van der Waals surface area contributed by atoms with Crippen LogP contribution in [0.25, 0.3) is 0 Å². The van der Waals surface area contributed by atoms with Crippen molar-refractivity contribution in [2.45, 2.75) is 25.0 Å². The molecule has 2 N–H and O–H groups in total. The van der Waals surface area contributed by atoms with Gasteiger partial charge in [0.05, 0.1) is 12.2 Å². The molecule has 2 nitrogen and oxygen atoms in total. The van der Waals surface area contributed by atoms with Crippen LogP contribution in [-0.4, -0.2) is 16.3 Å². The van der Waals surface area contributed by atoms with E-state index in [1.165, 1.54) is 0 Å². The molecule has 0 aliphatic rings. The van der Waals surface area contributed by atoms with Crippen molar-refractivity contribution < 1.29 is 10.2 Å². The Balaban J connectivity index is 2.36. The van der Waals surface area contributed by atoms with E-state index in [9.17, 15) is 10.2 Å². The van der Waals surface area contributed by atoms with Crippen molar-refractivity contribution in [3.63, 3.8) is 0 Å². The smallest absolute Gasteiger partial charge is 0.0851 e. The predicted molar refractivity (Wildman–Crippen MR) is 86.0 cm³/mol. The van der Waals surface area contributed by atoms with Crippen molar-refractivity contribution >= 4 is 0 Å². The number of rotatable bonds is 6. The molecule has 0 fully saturated rings. The first-order valence-electron chi connectivity index (χ1n) is 7.23. The summed E-state index contributed by atoms with van der Waals surface area (Å²) in [5.41, 5.74) is 1.86. The monoisotopic (exact) mass is 282 g/mol. The molecule has 2 aromatic carbocycles. The van der Waals surface area contributed by atoms with Crippen LogP contribution in [0.1, 0.15) is 30.1 Å². The molecule has 2 rings (SSSR count). The molecule has 2 aromatic rings. The van der Waals surface area contributed by atoms with Crippen LogP contribution < -0.4 is 0 Å². The van der Waals surface area contributed by atoms with Crippen LogP contribution >= 0.6 is 0 Å². The molecule has 0 amide bonds. The van der Waals surface area contributed by atoms with E-state index in [-0.39, 0.29) is 11.8 Å². The van der Waals surface area contributed by atoms with Crippen LogP contribution in [0.4, 0.5) is 0 Å². The molecule has 0 aromatic heterocycles. The van der Waals surface area contributed by atoms with Gasteiger partial charge in [-0.25, -0.2) is 0 Å². The molecular weight excluding hydrogens is 260 g/mol. The van der Waals surface area contributed by atoms with Gasteiger partial charge < -0.3 is 10.2 Å². The highest BCUT2D eigenvalue weighted by Gasteiger charge is 2.32. The van der Waals surface area contributed by atoms with Gasteiger partial charge in [0.1, 0.15) is 0 Å². The molecule has 110 valence electrons. The quantitative estimate of drug-likeness (QED) is 0.793. The van der Waals surface area contributed by atoms with E-state index in [0.717, 1.165) is 11.1 Å². The molecule has 0 radical (unpaired) electrons. The molecule has 0 aliphatic heterocycles. The molecule has 0 saturated heterocycles. The summed E-state index contributed by atoms with van der Waals surface area (Å²) in [5, 5.41) is 20.9. The highest BCUT2D eigenvalue weighted by atomic mass is 16.3. The van der Waals surface area contributed by atoms with Crippen molar-refractivity contribution in [3.8, 4) is 0 Å². The van der Waals surface area contributed by atoms with Crippen molar-refractivity contribution in [2.24, 2.45) is 5.92 Å². The summed E-state index contributed by atoms with van der Waals surface area (Å²) in [6, 6.07) is 19.3. The molecule has 1 unspecified atom stereocenters. The predicted octanol–water partition coefficient (Wildman–Crippen LogP) is 3.69. The first kappa shape index (κ1) is 15.5. The molecule has 4 atom stereocenters. The van der Waals surface area contributed by atoms with E-state index in [2.05, 4.69) is 6.58 Å². The Labute approximate surface area is 126 Å². The lowest BCUT2D eigenvalue weighted by Gasteiger charge is -2.32. The van der Waals surface area contributed by atoms with Gasteiger partial charge in [-0.05, 0) is 18.1 Å². The van der Waals surface area contributed by atoms with E-state index in [1.54, 1.807) is 13.0 Å². The maximum atomic E-state index is 10.7. The van der Waals surface area contributed by atoms with Gasteiger partial charge in [0.15, 0.2) is 0 Å². The molecule has 0 heterocycles. The van der Waals surface area contributed by atoms with Crippen LogP contribution in [0.3, 0.4) is 0 Å². The Morgan fingerprint density at radius 3 is 1.76 bits per heavy atom. The van der Waals surface area contributed by atoms with E-state index < -0.39 is 12.2 Å². The topological polar surface area (TPSA) is 40.5 Å². The Bertz CT molecular complexity index is 548. The summed E-state index contributed by atoms with van der Waals surface area (Å²) in [6.45, 7) is 5.61. The average Bonchev–Trinajstić information content (AvgIpc) is 2.53.